The SMILES string of the molecule is COc1ccccc1COc1c(Br)cc(C#N)cc1Br. The molecule has 102 valence electrons. The van der Waals surface area contributed by atoms with E-state index in [2.05, 4.69) is 37.9 Å². The Kier molecular flexibility index (Phi) is 5.05. The molecular formula is C15H11Br2NO2. The number of para-hydroxylation sites is 1. The quantitative estimate of drug-likeness (QED) is 0.753. The summed E-state index contributed by atoms with van der Waals surface area (Å²) in [5.41, 5.74) is 1.52. The predicted octanol–water partition coefficient (Wildman–Crippen LogP) is 4.67. The van der Waals surface area contributed by atoms with Gasteiger partial charge in [-0.15, -0.1) is 0 Å². The molecule has 0 amide bonds. The van der Waals surface area contributed by atoms with Crippen LogP contribution in [0.3, 0.4) is 0 Å². The molecule has 0 N–H and O–H groups in total. The van der Waals surface area contributed by atoms with Crippen LogP contribution in [0.25, 0.3) is 0 Å². The Hall–Kier alpha value is -1.51. The second-order valence-electron chi connectivity index (χ2n) is 3.98. The summed E-state index contributed by atoms with van der Waals surface area (Å²) in [7, 11) is 1.63. The van der Waals surface area contributed by atoms with Gasteiger partial charge in [0.15, 0.2) is 0 Å². The van der Waals surface area contributed by atoms with E-state index in [1.54, 1.807) is 19.2 Å². The Morgan fingerprint density at radius 2 is 1.80 bits per heavy atom. The molecule has 0 spiro atoms. The number of benzene rings is 2. The Balaban J connectivity index is 2.22. The van der Waals surface area contributed by atoms with Crippen LogP contribution in [-0.4, -0.2) is 7.11 Å². The maximum Gasteiger partial charge on any atom is 0.148 e. The fourth-order valence-electron chi connectivity index (χ4n) is 1.73. The molecule has 2 aromatic rings. The van der Waals surface area contributed by atoms with Gasteiger partial charge in [0.2, 0.25) is 0 Å². The molecule has 0 bridgehead atoms. The van der Waals surface area contributed by atoms with Gasteiger partial charge in [0, 0.05) is 5.56 Å². The lowest BCUT2D eigenvalue weighted by molar-refractivity contribution is 0.293. The summed E-state index contributed by atoms with van der Waals surface area (Å²) in [5, 5.41) is 8.90. The van der Waals surface area contributed by atoms with E-state index in [9.17, 15) is 0 Å². The average Bonchev–Trinajstić information content (AvgIpc) is 2.46. The number of nitriles is 1. The molecule has 0 unspecified atom stereocenters. The standard InChI is InChI=1S/C15H11Br2NO2/c1-19-14-5-3-2-4-11(14)9-20-15-12(16)6-10(8-18)7-13(15)17/h2-7H,9H2,1H3. The highest BCUT2D eigenvalue weighted by Gasteiger charge is 2.10. The van der Waals surface area contributed by atoms with Crippen LogP contribution in [0.15, 0.2) is 45.3 Å². The smallest absolute Gasteiger partial charge is 0.148 e. The largest absolute Gasteiger partial charge is 0.496 e. The van der Waals surface area contributed by atoms with Gasteiger partial charge in [-0.05, 0) is 50.1 Å². The van der Waals surface area contributed by atoms with Crippen LogP contribution in [0.1, 0.15) is 11.1 Å². The Bertz CT molecular complexity index is 642. The van der Waals surface area contributed by atoms with Gasteiger partial charge < -0.3 is 9.47 Å². The highest BCUT2D eigenvalue weighted by molar-refractivity contribution is 9.11. The van der Waals surface area contributed by atoms with Crippen molar-refractivity contribution in [3.63, 3.8) is 0 Å². The first-order valence-corrected chi connectivity index (χ1v) is 7.38. The second-order valence-corrected chi connectivity index (χ2v) is 5.69. The third-order valence-electron chi connectivity index (χ3n) is 2.69. The topological polar surface area (TPSA) is 42.2 Å². The first-order valence-electron chi connectivity index (χ1n) is 5.79. The Labute approximate surface area is 134 Å². The van der Waals surface area contributed by atoms with Crippen LogP contribution in [0.2, 0.25) is 0 Å². The molecule has 0 fully saturated rings. The number of hydrogen-bond acceptors (Lipinski definition) is 3. The zero-order valence-electron chi connectivity index (χ0n) is 10.7. The number of halogens is 2. The molecule has 5 heteroatoms. The Morgan fingerprint density at radius 1 is 1.15 bits per heavy atom. The van der Waals surface area contributed by atoms with Crippen LogP contribution in [0, 0.1) is 11.3 Å². The van der Waals surface area contributed by atoms with Gasteiger partial charge in [-0.2, -0.15) is 5.26 Å². The van der Waals surface area contributed by atoms with Gasteiger partial charge in [0.05, 0.1) is 27.7 Å². The fourth-order valence-corrected chi connectivity index (χ4v) is 3.15. The normalized spacial score (nSPS) is 9.90. The van der Waals surface area contributed by atoms with Crippen molar-refractivity contribution in [2.45, 2.75) is 6.61 Å². The van der Waals surface area contributed by atoms with Crippen molar-refractivity contribution >= 4 is 31.9 Å². The van der Waals surface area contributed by atoms with E-state index >= 15 is 0 Å². The van der Waals surface area contributed by atoms with Crippen LogP contribution in [0.4, 0.5) is 0 Å². The molecule has 3 nitrogen and oxygen atoms in total. The molecule has 2 rings (SSSR count). The fraction of sp³-hybridized carbons (Fsp3) is 0.133. The number of ether oxygens (including phenoxy) is 2. The average molecular weight is 397 g/mol. The summed E-state index contributed by atoms with van der Waals surface area (Å²) in [6.07, 6.45) is 0. The minimum absolute atomic E-state index is 0.382. The summed E-state index contributed by atoms with van der Waals surface area (Å²) in [6.45, 7) is 0.382. The van der Waals surface area contributed by atoms with E-state index in [0.29, 0.717) is 17.9 Å². The Morgan fingerprint density at radius 3 is 2.40 bits per heavy atom. The van der Waals surface area contributed by atoms with E-state index in [-0.39, 0.29) is 0 Å². The minimum Gasteiger partial charge on any atom is -0.496 e. The van der Waals surface area contributed by atoms with E-state index < -0.39 is 0 Å². The van der Waals surface area contributed by atoms with Crippen molar-refractivity contribution < 1.29 is 9.47 Å². The van der Waals surface area contributed by atoms with Gasteiger partial charge in [-0.1, -0.05) is 18.2 Å². The summed E-state index contributed by atoms with van der Waals surface area (Å²) >= 11 is 6.82. The summed E-state index contributed by atoms with van der Waals surface area (Å²) in [4.78, 5) is 0. The molecule has 0 saturated heterocycles. The lowest BCUT2D eigenvalue weighted by Crippen LogP contribution is -1.99. The molecule has 0 saturated carbocycles. The molecule has 20 heavy (non-hydrogen) atoms. The van der Waals surface area contributed by atoms with Crippen LogP contribution in [0.5, 0.6) is 11.5 Å². The van der Waals surface area contributed by atoms with Crippen LogP contribution in [-0.2, 0) is 6.61 Å². The third-order valence-corrected chi connectivity index (χ3v) is 3.87. The molecule has 0 aromatic heterocycles. The van der Waals surface area contributed by atoms with E-state index in [1.807, 2.05) is 24.3 Å². The lowest BCUT2D eigenvalue weighted by Gasteiger charge is -2.12. The van der Waals surface area contributed by atoms with Crippen molar-refractivity contribution in [3.8, 4) is 17.6 Å². The maximum absolute atomic E-state index is 8.90. The number of hydrogen-bond donors (Lipinski definition) is 0. The van der Waals surface area contributed by atoms with E-state index in [1.165, 1.54) is 0 Å². The van der Waals surface area contributed by atoms with E-state index in [0.717, 1.165) is 20.3 Å². The van der Waals surface area contributed by atoms with Crippen molar-refractivity contribution in [2.75, 3.05) is 7.11 Å². The van der Waals surface area contributed by atoms with Gasteiger partial charge in [0.25, 0.3) is 0 Å². The monoisotopic (exact) mass is 395 g/mol. The molecule has 2 aromatic carbocycles. The second kappa shape index (κ2) is 6.78. The van der Waals surface area contributed by atoms with Crippen molar-refractivity contribution in [1.29, 1.82) is 5.26 Å². The zero-order chi connectivity index (χ0) is 14.5. The zero-order valence-corrected chi connectivity index (χ0v) is 13.9. The van der Waals surface area contributed by atoms with Gasteiger partial charge >= 0.3 is 0 Å². The summed E-state index contributed by atoms with van der Waals surface area (Å²) in [6, 6.07) is 13.2. The van der Waals surface area contributed by atoms with Crippen LogP contribution >= 0.6 is 31.9 Å². The molecule has 0 aliphatic heterocycles. The molecule has 0 heterocycles. The van der Waals surface area contributed by atoms with Crippen molar-refractivity contribution in [2.24, 2.45) is 0 Å². The summed E-state index contributed by atoms with van der Waals surface area (Å²) in [5.74, 6) is 1.45. The summed E-state index contributed by atoms with van der Waals surface area (Å²) < 4.78 is 12.6. The van der Waals surface area contributed by atoms with Gasteiger partial charge in [-0.3, -0.25) is 0 Å². The van der Waals surface area contributed by atoms with Crippen LogP contribution < -0.4 is 9.47 Å². The molecule has 0 atom stereocenters. The van der Waals surface area contributed by atoms with Crippen molar-refractivity contribution in [1.82, 2.24) is 0 Å². The predicted molar refractivity (Wildman–Crippen MR) is 83.9 cm³/mol. The lowest BCUT2D eigenvalue weighted by atomic mass is 10.2. The number of methoxy groups -OCH3 is 1. The van der Waals surface area contributed by atoms with Gasteiger partial charge in [0.1, 0.15) is 18.1 Å². The number of nitrogens with zero attached hydrogens (tertiary/aromatic N) is 1. The first-order chi connectivity index (χ1) is 9.65. The highest BCUT2D eigenvalue weighted by atomic mass is 79.9. The molecule has 0 radical (unpaired) electrons. The first kappa shape index (κ1) is 14.9. The minimum atomic E-state index is 0.382. The van der Waals surface area contributed by atoms with E-state index in [4.69, 9.17) is 14.7 Å². The molecule has 0 aliphatic rings. The number of rotatable bonds is 4. The van der Waals surface area contributed by atoms with Crippen molar-refractivity contribution in [3.05, 3.63) is 56.5 Å². The maximum atomic E-state index is 8.90. The molecular weight excluding hydrogens is 386 g/mol. The molecule has 0 aliphatic carbocycles. The highest BCUT2D eigenvalue weighted by Crippen LogP contribution is 2.35. The van der Waals surface area contributed by atoms with Gasteiger partial charge in [-0.25, -0.2) is 0 Å². The third kappa shape index (κ3) is 3.33.